The Labute approximate surface area is 166 Å². The summed E-state index contributed by atoms with van der Waals surface area (Å²) >= 11 is 0. The molecule has 160 valence electrons. The van der Waals surface area contributed by atoms with E-state index in [1.54, 1.807) is 41.5 Å². The van der Waals surface area contributed by atoms with Crippen molar-refractivity contribution < 1.29 is 33.4 Å². The molecule has 0 saturated heterocycles. The van der Waals surface area contributed by atoms with Crippen LogP contribution in [0.1, 0.15) is 73.6 Å². The molecule has 0 radical (unpaired) electrons. The van der Waals surface area contributed by atoms with Gasteiger partial charge < -0.3 is 14.2 Å². The van der Waals surface area contributed by atoms with Crippen molar-refractivity contribution in [2.45, 2.75) is 90.4 Å². The van der Waals surface area contributed by atoms with Crippen LogP contribution in [0, 0.1) is 0 Å². The summed E-state index contributed by atoms with van der Waals surface area (Å²) in [6, 6.07) is 0. The summed E-state index contributed by atoms with van der Waals surface area (Å²) in [4.78, 5) is 51.0. The van der Waals surface area contributed by atoms with Crippen molar-refractivity contribution >= 4 is 23.9 Å². The van der Waals surface area contributed by atoms with Gasteiger partial charge in [0, 0.05) is 6.42 Å². The molecule has 1 aliphatic rings. The lowest BCUT2D eigenvalue weighted by atomic mass is 9.88. The lowest BCUT2D eigenvalue weighted by Gasteiger charge is -2.39. The number of ketones is 1. The maximum atomic E-state index is 13.0. The van der Waals surface area contributed by atoms with E-state index in [0.29, 0.717) is 24.3 Å². The SMILES string of the molecule is COC(=O)[C@@]1(N(NC(=O)OC(C)(C)C)C(=O)OC(C)(C)C)CCCCCC1=O. The fourth-order valence-electron chi connectivity index (χ4n) is 2.90. The first-order valence-corrected chi connectivity index (χ1v) is 9.37. The van der Waals surface area contributed by atoms with Gasteiger partial charge in [-0.3, -0.25) is 4.79 Å². The summed E-state index contributed by atoms with van der Waals surface area (Å²) in [5.74, 6) is -1.44. The number of hydrogen-bond donors (Lipinski definition) is 1. The molecule has 1 atom stereocenters. The number of amides is 2. The van der Waals surface area contributed by atoms with Crippen LogP contribution >= 0.6 is 0 Å². The predicted molar refractivity (Wildman–Crippen MR) is 100 cm³/mol. The van der Waals surface area contributed by atoms with Crippen molar-refractivity contribution in [3.05, 3.63) is 0 Å². The molecule has 0 aromatic carbocycles. The first kappa shape index (κ1) is 23.7. The van der Waals surface area contributed by atoms with Crippen molar-refractivity contribution in [2.24, 2.45) is 0 Å². The first-order chi connectivity index (χ1) is 12.7. The van der Waals surface area contributed by atoms with Crippen molar-refractivity contribution in [3.63, 3.8) is 0 Å². The van der Waals surface area contributed by atoms with Gasteiger partial charge in [-0.15, -0.1) is 0 Å². The average Bonchev–Trinajstić information content (AvgIpc) is 2.71. The molecule has 0 aromatic heterocycles. The third-order valence-electron chi connectivity index (χ3n) is 3.99. The maximum absolute atomic E-state index is 13.0. The summed E-state index contributed by atoms with van der Waals surface area (Å²) < 4.78 is 15.4. The van der Waals surface area contributed by atoms with E-state index >= 15 is 0 Å². The van der Waals surface area contributed by atoms with Crippen molar-refractivity contribution in [3.8, 4) is 0 Å². The molecule has 9 nitrogen and oxygen atoms in total. The highest BCUT2D eigenvalue weighted by atomic mass is 16.6. The number of Topliss-reactive ketones (excluding diaryl/α,β-unsaturated/α-hetero) is 1. The van der Waals surface area contributed by atoms with Gasteiger partial charge in [0.2, 0.25) is 5.54 Å². The Morgan fingerprint density at radius 3 is 2.04 bits per heavy atom. The number of carbonyl (C=O) groups is 4. The van der Waals surface area contributed by atoms with Crippen LogP contribution in [0.5, 0.6) is 0 Å². The van der Waals surface area contributed by atoms with Crippen molar-refractivity contribution in [1.29, 1.82) is 0 Å². The minimum absolute atomic E-state index is 0.00749. The molecule has 0 bridgehead atoms. The molecule has 1 rings (SSSR count). The van der Waals surface area contributed by atoms with Crippen LogP contribution in [-0.4, -0.2) is 52.8 Å². The number of hydrogen-bond acceptors (Lipinski definition) is 7. The summed E-state index contributed by atoms with van der Waals surface area (Å²) in [7, 11) is 1.13. The van der Waals surface area contributed by atoms with E-state index in [0.717, 1.165) is 7.11 Å². The van der Waals surface area contributed by atoms with Gasteiger partial charge in [0.25, 0.3) is 0 Å². The Kier molecular flexibility index (Phi) is 7.45. The molecular formula is C19H32N2O7. The van der Waals surface area contributed by atoms with E-state index in [1.165, 1.54) is 0 Å². The van der Waals surface area contributed by atoms with E-state index in [1.807, 2.05) is 0 Å². The summed E-state index contributed by atoms with van der Waals surface area (Å²) in [5, 5.41) is 0.645. The Morgan fingerprint density at radius 2 is 1.54 bits per heavy atom. The van der Waals surface area contributed by atoms with Crippen molar-refractivity contribution in [2.75, 3.05) is 7.11 Å². The van der Waals surface area contributed by atoms with Crippen LogP contribution in [0.4, 0.5) is 9.59 Å². The second-order valence-corrected chi connectivity index (χ2v) is 8.77. The molecule has 0 aromatic rings. The second-order valence-electron chi connectivity index (χ2n) is 8.77. The molecule has 1 fully saturated rings. The quantitative estimate of drug-likeness (QED) is 0.249. The minimum Gasteiger partial charge on any atom is -0.467 e. The summed E-state index contributed by atoms with van der Waals surface area (Å²) in [6.07, 6.45) is -0.169. The molecular weight excluding hydrogens is 368 g/mol. The van der Waals surface area contributed by atoms with Gasteiger partial charge in [0.15, 0.2) is 5.78 Å². The van der Waals surface area contributed by atoms with E-state index in [4.69, 9.17) is 14.2 Å². The standard InChI is InChI=1S/C19H32N2O7/c1-17(2,3)27-15(24)20-21(16(25)28-18(4,5)6)19(14(23)26-7)12-10-8-9-11-13(19)22/h8-12H2,1-7H3,(H,20,24)/t19-/m1/s1. The first-order valence-electron chi connectivity index (χ1n) is 9.37. The van der Waals surface area contributed by atoms with E-state index in [2.05, 4.69) is 5.43 Å². The number of rotatable bonds is 2. The Balaban J connectivity index is 3.41. The Bertz CT molecular complexity index is 619. The fraction of sp³-hybridized carbons (Fsp3) is 0.789. The smallest absolute Gasteiger partial charge is 0.430 e. The van der Waals surface area contributed by atoms with Gasteiger partial charge >= 0.3 is 18.2 Å². The minimum atomic E-state index is -2.01. The molecule has 0 unspecified atom stereocenters. The van der Waals surface area contributed by atoms with Gasteiger partial charge in [0.05, 0.1) is 7.11 Å². The van der Waals surface area contributed by atoms with E-state index in [-0.39, 0.29) is 12.8 Å². The highest BCUT2D eigenvalue weighted by Crippen LogP contribution is 2.32. The lowest BCUT2D eigenvalue weighted by Crippen LogP contribution is -2.68. The molecule has 0 heterocycles. The van der Waals surface area contributed by atoms with Gasteiger partial charge in [0.1, 0.15) is 11.2 Å². The number of esters is 1. The van der Waals surface area contributed by atoms with Crippen LogP contribution in [0.25, 0.3) is 0 Å². The summed E-state index contributed by atoms with van der Waals surface area (Å²) in [5.41, 5.74) is -1.53. The molecule has 1 saturated carbocycles. The van der Waals surface area contributed by atoms with Crippen LogP contribution < -0.4 is 5.43 Å². The Morgan fingerprint density at radius 1 is 0.964 bits per heavy atom. The molecule has 0 spiro atoms. The number of nitrogens with one attached hydrogen (secondary N) is 1. The van der Waals surface area contributed by atoms with E-state index < -0.39 is 40.7 Å². The fourth-order valence-corrected chi connectivity index (χ4v) is 2.90. The van der Waals surface area contributed by atoms with Gasteiger partial charge in [-0.1, -0.05) is 6.42 Å². The molecule has 1 aliphatic carbocycles. The maximum Gasteiger partial charge on any atom is 0.430 e. The third-order valence-corrected chi connectivity index (χ3v) is 3.99. The topological polar surface area (TPSA) is 111 Å². The second kappa shape index (κ2) is 8.79. The number of nitrogens with zero attached hydrogens (tertiary/aromatic N) is 1. The number of ether oxygens (including phenoxy) is 3. The molecule has 0 aliphatic heterocycles. The lowest BCUT2D eigenvalue weighted by molar-refractivity contribution is -0.163. The van der Waals surface area contributed by atoms with Crippen LogP contribution in [-0.2, 0) is 23.8 Å². The van der Waals surface area contributed by atoms with Gasteiger partial charge in [-0.05, 0) is 60.8 Å². The normalized spacial score (nSPS) is 20.6. The van der Waals surface area contributed by atoms with Gasteiger partial charge in [-0.25, -0.2) is 19.8 Å². The summed E-state index contributed by atoms with van der Waals surface area (Å²) in [6.45, 7) is 9.86. The van der Waals surface area contributed by atoms with Crippen LogP contribution in [0.2, 0.25) is 0 Å². The number of hydrazine groups is 1. The molecule has 1 N–H and O–H groups in total. The van der Waals surface area contributed by atoms with Crippen LogP contribution in [0.3, 0.4) is 0 Å². The third kappa shape index (κ3) is 6.10. The zero-order chi connectivity index (χ0) is 21.8. The monoisotopic (exact) mass is 400 g/mol. The highest BCUT2D eigenvalue weighted by molar-refractivity contribution is 6.10. The number of methoxy groups -OCH3 is 1. The van der Waals surface area contributed by atoms with Crippen LogP contribution in [0.15, 0.2) is 0 Å². The van der Waals surface area contributed by atoms with E-state index in [9.17, 15) is 19.2 Å². The molecule has 28 heavy (non-hydrogen) atoms. The molecule has 2 amide bonds. The highest BCUT2D eigenvalue weighted by Gasteiger charge is 2.56. The predicted octanol–water partition coefficient (Wildman–Crippen LogP) is 3.11. The number of carbonyl (C=O) groups excluding carboxylic acids is 4. The zero-order valence-corrected chi connectivity index (χ0v) is 17.8. The zero-order valence-electron chi connectivity index (χ0n) is 17.8. The van der Waals surface area contributed by atoms with Gasteiger partial charge in [-0.2, -0.15) is 5.01 Å². The molecule has 9 heteroatoms. The largest absolute Gasteiger partial charge is 0.467 e. The Hall–Kier alpha value is -2.32. The van der Waals surface area contributed by atoms with Crippen molar-refractivity contribution in [1.82, 2.24) is 10.4 Å². The average molecular weight is 400 g/mol.